The SMILES string of the molecule is C#CCOc1ccc2[nH]cc(C[C@H](C(=O)OC)N3C(=O)C=CC3=O)c2c1. The maximum atomic E-state index is 12.2. The van der Waals surface area contributed by atoms with Crippen molar-refractivity contribution in [3.05, 3.63) is 42.1 Å². The number of aromatic nitrogens is 1. The molecular weight excluding hydrogens is 336 g/mol. The number of imide groups is 1. The van der Waals surface area contributed by atoms with E-state index in [0.717, 1.165) is 33.5 Å². The van der Waals surface area contributed by atoms with Crippen LogP contribution in [-0.2, 0) is 25.5 Å². The van der Waals surface area contributed by atoms with Crippen LogP contribution in [0.3, 0.4) is 0 Å². The van der Waals surface area contributed by atoms with Gasteiger partial charge in [-0.05, 0) is 23.8 Å². The van der Waals surface area contributed by atoms with E-state index >= 15 is 0 Å². The zero-order valence-corrected chi connectivity index (χ0v) is 14.0. The molecular formula is C19H16N2O5. The molecule has 1 aliphatic heterocycles. The lowest BCUT2D eigenvalue weighted by atomic mass is 10.0. The lowest BCUT2D eigenvalue weighted by Crippen LogP contribution is -2.46. The molecule has 0 saturated carbocycles. The summed E-state index contributed by atoms with van der Waals surface area (Å²) < 4.78 is 10.2. The molecule has 0 saturated heterocycles. The van der Waals surface area contributed by atoms with Gasteiger partial charge in [0.2, 0.25) is 0 Å². The fraction of sp³-hybridized carbons (Fsp3) is 0.211. The Labute approximate surface area is 149 Å². The van der Waals surface area contributed by atoms with Crippen LogP contribution in [0.25, 0.3) is 10.9 Å². The molecule has 1 aliphatic rings. The van der Waals surface area contributed by atoms with Gasteiger partial charge in [-0.2, -0.15) is 0 Å². The van der Waals surface area contributed by atoms with Gasteiger partial charge in [-0.1, -0.05) is 5.92 Å². The molecule has 0 fully saturated rings. The van der Waals surface area contributed by atoms with E-state index in [-0.39, 0.29) is 13.0 Å². The van der Waals surface area contributed by atoms with Gasteiger partial charge >= 0.3 is 5.97 Å². The molecule has 0 bridgehead atoms. The van der Waals surface area contributed by atoms with Crippen molar-refractivity contribution in [2.24, 2.45) is 0 Å². The van der Waals surface area contributed by atoms with Crippen molar-refractivity contribution in [3.8, 4) is 18.1 Å². The molecule has 1 aromatic carbocycles. The Balaban J connectivity index is 1.94. The maximum Gasteiger partial charge on any atom is 0.329 e. The molecule has 7 heteroatoms. The summed E-state index contributed by atoms with van der Waals surface area (Å²) in [7, 11) is 1.22. The van der Waals surface area contributed by atoms with Gasteiger partial charge in [0.05, 0.1) is 7.11 Å². The third-order valence-corrected chi connectivity index (χ3v) is 4.10. The standard InChI is InChI=1S/C19H16N2O5/c1-3-8-26-13-4-5-15-14(10-13)12(11-20-15)9-16(19(24)25-2)21-17(22)6-7-18(21)23/h1,4-7,10-11,16,20H,8-9H2,2H3/t16-/m1/s1. The number of fused-ring (bicyclic) bond motifs is 1. The van der Waals surface area contributed by atoms with Crippen LogP contribution in [0.5, 0.6) is 5.75 Å². The number of amides is 2. The highest BCUT2D eigenvalue weighted by Crippen LogP contribution is 2.26. The van der Waals surface area contributed by atoms with E-state index < -0.39 is 23.8 Å². The third kappa shape index (κ3) is 3.17. The summed E-state index contributed by atoms with van der Waals surface area (Å²) in [6.45, 7) is 0.137. The Bertz CT molecular complexity index is 932. The van der Waals surface area contributed by atoms with Crippen LogP contribution in [0, 0.1) is 12.3 Å². The van der Waals surface area contributed by atoms with Crippen molar-refractivity contribution < 1.29 is 23.9 Å². The van der Waals surface area contributed by atoms with E-state index in [1.165, 1.54) is 7.11 Å². The fourth-order valence-electron chi connectivity index (χ4n) is 2.88. The van der Waals surface area contributed by atoms with E-state index in [4.69, 9.17) is 15.9 Å². The number of esters is 1. The van der Waals surface area contributed by atoms with E-state index in [1.54, 1.807) is 18.3 Å². The van der Waals surface area contributed by atoms with Crippen LogP contribution in [0.2, 0.25) is 0 Å². The smallest absolute Gasteiger partial charge is 0.329 e. The molecule has 1 aromatic heterocycles. The second kappa shape index (κ2) is 7.15. The number of hydrogen-bond donors (Lipinski definition) is 1. The summed E-state index contributed by atoms with van der Waals surface area (Å²) in [6.07, 6.45) is 9.32. The zero-order chi connectivity index (χ0) is 18.7. The third-order valence-electron chi connectivity index (χ3n) is 4.10. The summed E-state index contributed by atoms with van der Waals surface area (Å²) in [6, 6.07) is 4.34. The van der Waals surface area contributed by atoms with E-state index in [1.807, 2.05) is 6.07 Å². The van der Waals surface area contributed by atoms with Crippen molar-refractivity contribution in [3.63, 3.8) is 0 Å². The molecule has 132 valence electrons. The summed E-state index contributed by atoms with van der Waals surface area (Å²) in [5.74, 6) is 1.24. The van der Waals surface area contributed by atoms with Crippen molar-refractivity contribution in [2.75, 3.05) is 13.7 Å². The highest BCUT2D eigenvalue weighted by molar-refractivity contribution is 6.14. The minimum atomic E-state index is -1.05. The van der Waals surface area contributed by atoms with E-state index in [9.17, 15) is 14.4 Å². The first-order valence-corrected chi connectivity index (χ1v) is 7.84. The number of H-pyrrole nitrogens is 1. The normalized spacial score (nSPS) is 14.5. The number of ether oxygens (including phenoxy) is 2. The second-order valence-electron chi connectivity index (χ2n) is 5.64. The molecule has 26 heavy (non-hydrogen) atoms. The first-order chi connectivity index (χ1) is 12.5. The van der Waals surface area contributed by atoms with Gasteiger partial charge in [-0.25, -0.2) is 4.79 Å². The first-order valence-electron chi connectivity index (χ1n) is 7.84. The molecule has 2 amide bonds. The second-order valence-corrected chi connectivity index (χ2v) is 5.64. The van der Waals surface area contributed by atoms with Gasteiger partial charge in [-0.15, -0.1) is 6.42 Å². The number of terminal acetylenes is 1. The van der Waals surface area contributed by atoms with Crippen LogP contribution in [0.15, 0.2) is 36.5 Å². The fourth-order valence-corrected chi connectivity index (χ4v) is 2.88. The number of nitrogens with one attached hydrogen (secondary N) is 1. The molecule has 3 rings (SSSR count). The Morgan fingerprint density at radius 1 is 1.31 bits per heavy atom. The topological polar surface area (TPSA) is 88.7 Å². The summed E-state index contributed by atoms with van der Waals surface area (Å²) in [4.78, 5) is 40.2. The summed E-state index contributed by atoms with van der Waals surface area (Å²) >= 11 is 0. The monoisotopic (exact) mass is 352 g/mol. The average Bonchev–Trinajstić information content (AvgIpc) is 3.20. The molecule has 1 N–H and O–H groups in total. The van der Waals surface area contributed by atoms with Crippen molar-refractivity contribution in [1.82, 2.24) is 9.88 Å². The Morgan fingerprint density at radius 3 is 2.69 bits per heavy atom. The molecule has 7 nitrogen and oxygen atoms in total. The van der Waals surface area contributed by atoms with Gasteiger partial charge in [0, 0.05) is 35.7 Å². The number of benzene rings is 1. The van der Waals surface area contributed by atoms with Crippen LogP contribution >= 0.6 is 0 Å². The van der Waals surface area contributed by atoms with Gasteiger partial charge in [-0.3, -0.25) is 14.5 Å². The molecule has 0 spiro atoms. The number of methoxy groups -OCH3 is 1. The summed E-state index contributed by atoms with van der Waals surface area (Å²) in [5, 5.41) is 0.806. The van der Waals surface area contributed by atoms with Gasteiger partial charge < -0.3 is 14.5 Å². The van der Waals surface area contributed by atoms with E-state index in [0.29, 0.717) is 5.75 Å². The predicted octanol–water partition coefficient (Wildman–Crippen LogP) is 1.19. The van der Waals surface area contributed by atoms with Crippen LogP contribution in [-0.4, -0.2) is 47.4 Å². The van der Waals surface area contributed by atoms with Gasteiger partial charge in [0.1, 0.15) is 18.4 Å². The lowest BCUT2D eigenvalue weighted by Gasteiger charge is -2.23. The predicted molar refractivity (Wildman–Crippen MR) is 93.1 cm³/mol. The first kappa shape index (κ1) is 17.3. The minimum Gasteiger partial charge on any atom is -0.481 e. The Hall–Kier alpha value is -3.53. The number of aromatic amines is 1. The van der Waals surface area contributed by atoms with Crippen molar-refractivity contribution in [1.29, 1.82) is 0 Å². The molecule has 2 aromatic rings. The van der Waals surface area contributed by atoms with Gasteiger partial charge in [0.25, 0.3) is 11.8 Å². The molecule has 1 atom stereocenters. The number of rotatable bonds is 6. The van der Waals surface area contributed by atoms with E-state index in [2.05, 4.69) is 10.9 Å². The number of carbonyl (C=O) groups is 3. The van der Waals surface area contributed by atoms with Crippen LogP contribution < -0.4 is 4.74 Å². The molecule has 0 aliphatic carbocycles. The maximum absolute atomic E-state index is 12.2. The largest absolute Gasteiger partial charge is 0.481 e. The van der Waals surface area contributed by atoms with Crippen molar-refractivity contribution >= 4 is 28.7 Å². The quantitative estimate of drug-likeness (QED) is 0.479. The van der Waals surface area contributed by atoms with Crippen LogP contribution in [0.4, 0.5) is 0 Å². The Kier molecular flexibility index (Phi) is 4.76. The van der Waals surface area contributed by atoms with Crippen molar-refractivity contribution in [2.45, 2.75) is 12.5 Å². The number of carbonyl (C=O) groups excluding carboxylic acids is 3. The highest BCUT2D eigenvalue weighted by Gasteiger charge is 2.37. The Morgan fingerprint density at radius 2 is 2.04 bits per heavy atom. The number of hydrogen-bond acceptors (Lipinski definition) is 5. The molecule has 0 radical (unpaired) electrons. The molecule has 0 unspecified atom stereocenters. The summed E-state index contributed by atoms with van der Waals surface area (Å²) in [5.41, 5.74) is 1.57. The molecule has 2 heterocycles. The van der Waals surface area contributed by atoms with Gasteiger partial charge in [0.15, 0.2) is 0 Å². The number of nitrogens with zero attached hydrogens (tertiary/aromatic N) is 1. The average molecular weight is 352 g/mol. The minimum absolute atomic E-state index is 0.116. The van der Waals surface area contributed by atoms with Crippen LogP contribution in [0.1, 0.15) is 5.56 Å². The zero-order valence-electron chi connectivity index (χ0n) is 14.0. The highest BCUT2D eigenvalue weighted by atomic mass is 16.5. The lowest BCUT2D eigenvalue weighted by molar-refractivity contribution is -0.155.